The molecule has 3 N–H and O–H groups in total. The Morgan fingerprint density at radius 3 is 2.20 bits per heavy atom. The second-order valence-corrected chi connectivity index (χ2v) is 10.8. The number of para-hydroxylation sites is 2. The number of thioether (sulfide) groups is 1. The van der Waals surface area contributed by atoms with Crippen molar-refractivity contribution >= 4 is 46.9 Å². The smallest absolute Gasteiger partial charge is 0.272 e. The second-order valence-electron chi connectivity index (χ2n) is 9.42. The van der Waals surface area contributed by atoms with Crippen LogP contribution in [0, 0.1) is 0 Å². The van der Waals surface area contributed by atoms with Crippen LogP contribution in [0.4, 0.5) is 11.4 Å². The lowest BCUT2D eigenvalue weighted by Crippen LogP contribution is -2.30. The predicted octanol–water partition coefficient (Wildman–Crippen LogP) is 6.24. The van der Waals surface area contributed by atoms with Gasteiger partial charge in [-0.15, -0.1) is 11.8 Å². The van der Waals surface area contributed by atoms with E-state index in [9.17, 15) is 14.4 Å². The van der Waals surface area contributed by atoms with Crippen molar-refractivity contribution < 1.29 is 28.6 Å². The zero-order valence-corrected chi connectivity index (χ0v) is 25.6. The Kier molecular flexibility index (Phi) is 11.0. The van der Waals surface area contributed by atoms with E-state index in [0.29, 0.717) is 39.8 Å². The molecule has 4 aromatic rings. The average molecular weight is 612 g/mol. The van der Waals surface area contributed by atoms with Gasteiger partial charge in [-0.1, -0.05) is 36.4 Å². The Labute approximate surface area is 260 Å². The minimum Gasteiger partial charge on any atom is -0.497 e. The number of hydrogen-bond donors (Lipinski definition) is 3. The Hall–Kier alpha value is -5.22. The molecule has 1 atom stereocenters. The van der Waals surface area contributed by atoms with E-state index in [4.69, 9.17) is 14.2 Å². The molecule has 44 heavy (non-hydrogen) atoms. The van der Waals surface area contributed by atoms with Gasteiger partial charge in [-0.2, -0.15) is 0 Å². The van der Waals surface area contributed by atoms with Crippen molar-refractivity contribution in [1.82, 2.24) is 5.32 Å². The van der Waals surface area contributed by atoms with Crippen LogP contribution in [0.1, 0.15) is 22.8 Å². The molecule has 0 heterocycles. The van der Waals surface area contributed by atoms with E-state index in [-0.39, 0.29) is 11.6 Å². The molecule has 0 fully saturated rings. The Morgan fingerprint density at radius 2 is 1.48 bits per heavy atom. The van der Waals surface area contributed by atoms with Gasteiger partial charge in [0.05, 0.1) is 32.3 Å². The first-order valence-corrected chi connectivity index (χ1v) is 14.5. The van der Waals surface area contributed by atoms with E-state index in [0.717, 1.165) is 4.90 Å². The summed E-state index contributed by atoms with van der Waals surface area (Å²) < 4.78 is 16.1. The Bertz CT molecular complexity index is 1660. The van der Waals surface area contributed by atoms with Gasteiger partial charge >= 0.3 is 0 Å². The monoisotopic (exact) mass is 611 g/mol. The van der Waals surface area contributed by atoms with Gasteiger partial charge in [0.25, 0.3) is 11.8 Å². The first-order chi connectivity index (χ1) is 21.3. The minimum absolute atomic E-state index is 0.00457. The number of methoxy groups -OCH3 is 3. The lowest BCUT2D eigenvalue weighted by atomic mass is 10.1. The molecule has 0 saturated heterocycles. The molecule has 4 rings (SSSR count). The average Bonchev–Trinajstić information content (AvgIpc) is 3.05. The van der Waals surface area contributed by atoms with Crippen LogP contribution in [0.15, 0.2) is 108 Å². The van der Waals surface area contributed by atoms with Crippen LogP contribution in [0.2, 0.25) is 0 Å². The van der Waals surface area contributed by atoms with E-state index in [2.05, 4.69) is 16.0 Å². The van der Waals surface area contributed by atoms with Gasteiger partial charge < -0.3 is 30.2 Å². The fourth-order valence-corrected chi connectivity index (χ4v) is 5.05. The molecule has 226 valence electrons. The van der Waals surface area contributed by atoms with Crippen molar-refractivity contribution in [2.75, 3.05) is 32.0 Å². The molecule has 0 aliphatic rings. The summed E-state index contributed by atoms with van der Waals surface area (Å²) in [7, 11) is 4.60. The summed E-state index contributed by atoms with van der Waals surface area (Å²) >= 11 is 1.34. The van der Waals surface area contributed by atoms with E-state index < -0.39 is 17.1 Å². The SMILES string of the molecule is COc1ccc(/C=C(/NC(=O)c2ccccc2)C(=O)Nc2cccc(SC(C)C(=O)Nc3ccccc3OC)c2)c(OC)c1. The fraction of sp³-hybridized carbons (Fsp3) is 0.147. The van der Waals surface area contributed by atoms with E-state index in [1.807, 2.05) is 18.2 Å². The van der Waals surface area contributed by atoms with Crippen molar-refractivity contribution in [3.05, 3.63) is 114 Å². The number of anilines is 2. The number of amides is 3. The quantitative estimate of drug-likeness (QED) is 0.128. The van der Waals surface area contributed by atoms with Gasteiger partial charge in [-0.3, -0.25) is 14.4 Å². The molecule has 0 radical (unpaired) electrons. The first-order valence-electron chi connectivity index (χ1n) is 13.6. The van der Waals surface area contributed by atoms with Crippen molar-refractivity contribution in [2.24, 2.45) is 0 Å². The molecule has 0 bridgehead atoms. The molecule has 0 aliphatic carbocycles. The van der Waals surface area contributed by atoms with Crippen LogP contribution in [0.5, 0.6) is 17.2 Å². The van der Waals surface area contributed by atoms with Gasteiger partial charge in [0.1, 0.15) is 22.9 Å². The largest absolute Gasteiger partial charge is 0.497 e. The predicted molar refractivity (Wildman–Crippen MR) is 173 cm³/mol. The summed E-state index contributed by atoms with van der Waals surface area (Å²) in [6, 6.07) is 28.1. The van der Waals surface area contributed by atoms with Gasteiger partial charge in [0.15, 0.2) is 0 Å². The Balaban J connectivity index is 1.53. The number of nitrogens with one attached hydrogen (secondary N) is 3. The molecule has 4 aromatic carbocycles. The Morgan fingerprint density at radius 1 is 0.750 bits per heavy atom. The maximum Gasteiger partial charge on any atom is 0.272 e. The summed E-state index contributed by atoms with van der Waals surface area (Å²) in [5, 5.41) is 8.03. The highest BCUT2D eigenvalue weighted by molar-refractivity contribution is 8.00. The minimum atomic E-state index is -0.545. The van der Waals surface area contributed by atoms with Crippen LogP contribution in [0.25, 0.3) is 6.08 Å². The molecule has 1 unspecified atom stereocenters. The highest BCUT2D eigenvalue weighted by atomic mass is 32.2. The number of ether oxygens (including phenoxy) is 3. The van der Waals surface area contributed by atoms with E-state index in [1.54, 1.807) is 100 Å². The number of hydrogen-bond acceptors (Lipinski definition) is 7. The molecule has 0 aliphatic heterocycles. The van der Waals surface area contributed by atoms with E-state index in [1.165, 1.54) is 24.9 Å². The maximum atomic E-state index is 13.6. The van der Waals surface area contributed by atoms with E-state index >= 15 is 0 Å². The number of carbonyl (C=O) groups excluding carboxylic acids is 3. The van der Waals surface area contributed by atoms with Crippen LogP contribution in [-0.2, 0) is 9.59 Å². The lowest BCUT2D eigenvalue weighted by Gasteiger charge is -2.15. The van der Waals surface area contributed by atoms with Gasteiger partial charge in [0.2, 0.25) is 5.91 Å². The molecule has 0 saturated carbocycles. The molecule has 3 amide bonds. The van der Waals surface area contributed by atoms with Crippen LogP contribution in [0.3, 0.4) is 0 Å². The zero-order valence-electron chi connectivity index (χ0n) is 24.8. The number of carbonyl (C=O) groups is 3. The fourth-order valence-electron chi connectivity index (χ4n) is 4.12. The van der Waals surface area contributed by atoms with Crippen molar-refractivity contribution in [3.63, 3.8) is 0 Å². The maximum absolute atomic E-state index is 13.6. The van der Waals surface area contributed by atoms with Crippen molar-refractivity contribution in [2.45, 2.75) is 17.1 Å². The summed E-state index contributed by atoms with van der Waals surface area (Å²) in [4.78, 5) is 40.3. The highest BCUT2D eigenvalue weighted by Gasteiger charge is 2.19. The molecular weight excluding hydrogens is 578 g/mol. The normalized spacial score (nSPS) is 11.6. The lowest BCUT2D eigenvalue weighted by molar-refractivity contribution is -0.115. The van der Waals surface area contributed by atoms with Crippen LogP contribution in [-0.4, -0.2) is 44.3 Å². The number of benzene rings is 4. The molecule has 0 spiro atoms. The zero-order chi connectivity index (χ0) is 31.5. The highest BCUT2D eigenvalue weighted by Crippen LogP contribution is 2.30. The molecule has 10 heteroatoms. The second kappa shape index (κ2) is 15.3. The topological polar surface area (TPSA) is 115 Å². The van der Waals surface area contributed by atoms with Gasteiger partial charge in [0, 0.05) is 27.8 Å². The third-order valence-electron chi connectivity index (χ3n) is 6.41. The van der Waals surface area contributed by atoms with Crippen LogP contribution >= 0.6 is 11.8 Å². The summed E-state index contributed by atoms with van der Waals surface area (Å²) in [6.45, 7) is 1.79. The van der Waals surface area contributed by atoms with Gasteiger partial charge in [-0.25, -0.2) is 0 Å². The van der Waals surface area contributed by atoms with Crippen molar-refractivity contribution in [3.8, 4) is 17.2 Å². The van der Waals surface area contributed by atoms with Crippen LogP contribution < -0.4 is 30.2 Å². The van der Waals surface area contributed by atoms with Gasteiger partial charge in [-0.05, 0) is 67.6 Å². The third-order valence-corrected chi connectivity index (χ3v) is 7.50. The summed E-state index contributed by atoms with van der Waals surface area (Å²) in [5.74, 6) is 0.422. The first kappa shape index (κ1) is 31.7. The molecule has 0 aromatic heterocycles. The third kappa shape index (κ3) is 8.42. The summed E-state index contributed by atoms with van der Waals surface area (Å²) in [5.41, 5.74) is 2.03. The molecular formula is C34H33N3O6S. The number of rotatable bonds is 12. The molecule has 9 nitrogen and oxygen atoms in total. The van der Waals surface area contributed by atoms with Crippen molar-refractivity contribution in [1.29, 1.82) is 0 Å². The standard InChI is InChI=1S/C34H33N3O6S/c1-22(32(38)36-28-15-8-9-16-30(28)42-3)44-27-14-10-13-25(20-27)35-34(40)29(37-33(39)23-11-6-5-7-12-23)19-24-17-18-26(41-2)21-31(24)43-4/h5-22H,1-4H3,(H,35,40)(H,36,38)(H,37,39)/b29-19+. The summed E-state index contributed by atoms with van der Waals surface area (Å²) in [6.07, 6.45) is 1.54.